The number of hydrogen-bond acceptors (Lipinski definition) is 3. The summed E-state index contributed by atoms with van der Waals surface area (Å²) in [6.07, 6.45) is 1.87. The third kappa shape index (κ3) is 5.12. The summed E-state index contributed by atoms with van der Waals surface area (Å²) >= 11 is 6.61. The predicted molar refractivity (Wildman–Crippen MR) is 69.6 cm³/mol. The van der Waals surface area contributed by atoms with Crippen molar-refractivity contribution in [1.29, 1.82) is 0 Å². The zero-order valence-electron chi connectivity index (χ0n) is 9.38. The van der Waals surface area contributed by atoms with Gasteiger partial charge in [-0.15, -0.1) is 23.4 Å². The third-order valence-corrected chi connectivity index (χ3v) is 3.88. The fourth-order valence-corrected chi connectivity index (χ4v) is 2.65. The Kier molecular flexibility index (Phi) is 5.88. The van der Waals surface area contributed by atoms with E-state index in [0.29, 0.717) is 5.56 Å². The largest absolute Gasteiger partial charge is 0.446 e. The molecule has 0 fully saturated rings. The summed E-state index contributed by atoms with van der Waals surface area (Å²) in [5.74, 6) is -0.342. The highest BCUT2D eigenvalue weighted by atomic mass is 35.5. The lowest BCUT2D eigenvalue weighted by Crippen LogP contribution is -2.05. The molecule has 0 aliphatic heterocycles. The maximum Gasteiger partial charge on any atom is 0.446 e. The maximum absolute atomic E-state index is 12.3. The van der Waals surface area contributed by atoms with Crippen molar-refractivity contribution in [2.24, 2.45) is 0 Å². The van der Waals surface area contributed by atoms with Crippen LogP contribution in [0.4, 0.5) is 13.2 Å². The molecular weight excluding hydrogens is 305 g/mol. The summed E-state index contributed by atoms with van der Waals surface area (Å²) in [5, 5.41) is 0. The Morgan fingerprint density at radius 2 is 2.06 bits per heavy atom. The summed E-state index contributed by atoms with van der Waals surface area (Å²) in [7, 11) is 0. The number of alkyl halides is 4. The molecule has 0 heterocycles. The molecular formula is C11H10ClF3OS2. The van der Waals surface area contributed by atoms with E-state index in [1.54, 1.807) is 12.3 Å². The Morgan fingerprint density at radius 1 is 1.39 bits per heavy atom. The monoisotopic (exact) mass is 314 g/mol. The molecule has 0 aliphatic rings. The third-order valence-electron chi connectivity index (χ3n) is 2.02. The molecule has 0 saturated heterocycles. The quantitative estimate of drug-likeness (QED) is 0.593. The molecule has 0 radical (unpaired) electrons. The predicted octanol–water partition coefficient (Wildman–Crippen LogP) is 4.37. The van der Waals surface area contributed by atoms with Crippen LogP contribution in [0.1, 0.15) is 5.56 Å². The minimum absolute atomic E-state index is 0.0614. The first kappa shape index (κ1) is 15.7. The summed E-state index contributed by atoms with van der Waals surface area (Å²) in [5.41, 5.74) is -3.74. The van der Waals surface area contributed by atoms with E-state index in [1.807, 2.05) is 0 Å². The SMILES string of the molecule is CSc1ccc(SC(F)(F)F)cc1CC(=O)CCl. The zero-order valence-corrected chi connectivity index (χ0v) is 11.8. The summed E-state index contributed by atoms with van der Waals surface area (Å²) in [6, 6.07) is 4.39. The number of halogens is 4. The molecule has 0 amide bonds. The van der Waals surface area contributed by atoms with Gasteiger partial charge in [0.05, 0.1) is 5.88 Å². The van der Waals surface area contributed by atoms with E-state index in [9.17, 15) is 18.0 Å². The second-order valence-corrected chi connectivity index (χ2v) is 5.62. The molecule has 1 rings (SSSR count). The van der Waals surface area contributed by atoms with Crippen molar-refractivity contribution in [3.05, 3.63) is 23.8 Å². The van der Waals surface area contributed by atoms with Gasteiger partial charge < -0.3 is 0 Å². The molecule has 0 spiro atoms. The highest BCUT2D eigenvalue weighted by Gasteiger charge is 2.29. The van der Waals surface area contributed by atoms with Gasteiger partial charge in [0.2, 0.25) is 0 Å². The van der Waals surface area contributed by atoms with Gasteiger partial charge in [0.1, 0.15) is 0 Å². The van der Waals surface area contributed by atoms with Crippen molar-refractivity contribution < 1.29 is 18.0 Å². The van der Waals surface area contributed by atoms with Gasteiger partial charge in [-0.1, -0.05) is 0 Å². The minimum Gasteiger partial charge on any atom is -0.298 e. The van der Waals surface area contributed by atoms with Gasteiger partial charge in [0.15, 0.2) is 5.78 Å². The maximum atomic E-state index is 12.3. The average molecular weight is 315 g/mol. The van der Waals surface area contributed by atoms with Crippen LogP contribution < -0.4 is 0 Å². The molecule has 18 heavy (non-hydrogen) atoms. The molecule has 0 aromatic heterocycles. The summed E-state index contributed by atoms with van der Waals surface area (Å²) < 4.78 is 36.8. The molecule has 100 valence electrons. The molecule has 1 aromatic carbocycles. The fraction of sp³-hybridized carbons (Fsp3) is 0.364. The van der Waals surface area contributed by atoms with Crippen molar-refractivity contribution in [2.75, 3.05) is 12.1 Å². The van der Waals surface area contributed by atoms with Crippen LogP contribution >= 0.6 is 35.1 Å². The second kappa shape index (κ2) is 6.73. The van der Waals surface area contributed by atoms with Crippen LogP contribution in [0.3, 0.4) is 0 Å². The molecule has 0 atom stereocenters. The highest BCUT2D eigenvalue weighted by Crippen LogP contribution is 2.38. The molecule has 0 aliphatic carbocycles. The van der Waals surface area contributed by atoms with Crippen molar-refractivity contribution in [1.82, 2.24) is 0 Å². The van der Waals surface area contributed by atoms with Gasteiger partial charge in [-0.05, 0) is 41.8 Å². The Hall–Kier alpha value is -0.330. The van der Waals surface area contributed by atoms with E-state index in [1.165, 1.54) is 23.9 Å². The molecule has 1 aromatic rings. The Bertz CT molecular complexity index is 435. The first-order valence-corrected chi connectivity index (χ1v) is 7.43. The van der Waals surface area contributed by atoms with E-state index in [0.717, 1.165) is 4.90 Å². The zero-order chi connectivity index (χ0) is 13.8. The van der Waals surface area contributed by atoms with Gasteiger partial charge in [-0.3, -0.25) is 4.79 Å². The molecule has 7 heteroatoms. The topological polar surface area (TPSA) is 17.1 Å². The first-order valence-electron chi connectivity index (χ1n) is 4.86. The van der Waals surface area contributed by atoms with Crippen molar-refractivity contribution in [2.45, 2.75) is 21.7 Å². The standard InChI is InChI=1S/C11H10ClF3OS2/c1-17-10-3-2-9(18-11(13,14)15)5-7(10)4-8(16)6-12/h2-3,5H,4,6H2,1H3. The van der Waals surface area contributed by atoms with Crippen LogP contribution in [0.5, 0.6) is 0 Å². The summed E-state index contributed by atoms with van der Waals surface area (Å²) in [6.45, 7) is 0. The van der Waals surface area contributed by atoms with E-state index in [-0.39, 0.29) is 34.7 Å². The number of hydrogen-bond donors (Lipinski definition) is 0. The molecule has 0 N–H and O–H groups in total. The van der Waals surface area contributed by atoms with Crippen LogP contribution in [-0.4, -0.2) is 23.4 Å². The van der Waals surface area contributed by atoms with Gasteiger partial charge >= 0.3 is 5.51 Å². The van der Waals surface area contributed by atoms with Crippen molar-refractivity contribution >= 4 is 40.9 Å². The van der Waals surface area contributed by atoms with Gasteiger partial charge in [-0.25, -0.2) is 0 Å². The highest BCUT2D eigenvalue weighted by molar-refractivity contribution is 8.00. The number of rotatable bonds is 5. The van der Waals surface area contributed by atoms with Crippen LogP contribution in [0, 0.1) is 0 Å². The number of Topliss-reactive ketones (excluding diaryl/α,β-unsaturated/α-hetero) is 1. The molecule has 0 saturated carbocycles. The number of carbonyl (C=O) groups excluding carboxylic acids is 1. The Balaban J connectivity index is 2.98. The van der Waals surface area contributed by atoms with E-state index in [2.05, 4.69) is 0 Å². The normalized spacial score (nSPS) is 11.6. The van der Waals surface area contributed by atoms with Crippen LogP contribution in [0.15, 0.2) is 28.0 Å². The number of ketones is 1. The molecule has 1 nitrogen and oxygen atoms in total. The van der Waals surface area contributed by atoms with Gasteiger partial charge in [0, 0.05) is 16.2 Å². The summed E-state index contributed by atoms with van der Waals surface area (Å²) in [4.78, 5) is 12.1. The van der Waals surface area contributed by atoms with Crippen LogP contribution in [0.2, 0.25) is 0 Å². The molecule has 0 unspecified atom stereocenters. The average Bonchev–Trinajstić information content (AvgIpc) is 2.27. The van der Waals surface area contributed by atoms with Crippen LogP contribution in [0.25, 0.3) is 0 Å². The number of benzene rings is 1. The number of carbonyl (C=O) groups is 1. The Morgan fingerprint density at radius 3 is 2.56 bits per heavy atom. The molecule has 0 bridgehead atoms. The van der Waals surface area contributed by atoms with Gasteiger partial charge in [-0.2, -0.15) is 13.2 Å². The van der Waals surface area contributed by atoms with E-state index in [4.69, 9.17) is 11.6 Å². The lowest BCUT2D eigenvalue weighted by atomic mass is 10.1. The van der Waals surface area contributed by atoms with Crippen LogP contribution in [-0.2, 0) is 11.2 Å². The second-order valence-electron chi connectivity index (χ2n) is 3.37. The van der Waals surface area contributed by atoms with E-state index < -0.39 is 5.51 Å². The minimum atomic E-state index is -4.32. The lowest BCUT2D eigenvalue weighted by Gasteiger charge is -2.10. The van der Waals surface area contributed by atoms with E-state index >= 15 is 0 Å². The Labute approximate surface area is 116 Å². The van der Waals surface area contributed by atoms with Crippen molar-refractivity contribution in [3.8, 4) is 0 Å². The fourth-order valence-electron chi connectivity index (χ4n) is 1.35. The number of thioether (sulfide) groups is 2. The smallest absolute Gasteiger partial charge is 0.298 e. The first-order chi connectivity index (χ1) is 8.35. The lowest BCUT2D eigenvalue weighted by molar-refractivity contribution is -0.116. The van der Waals surface area contributed by atoms with Crippen molar-refractivity contribution in [3.63, 3.8) is 0 Å². The van der Waals surface area contributed by atoms with Gasteiger partial charge in [0.25, 0.3) is 0 Å².